The smallest absolute Gasteiger partial charge is 0.298 e. The standard InChI is InChI=1S/C12H16O3/c1-3-11(14-15-12(13)4-2)10-8-6-5-7-9-10/h5-9,11H,3-4H2,1-2H3. The first-order chi connectivity index (χ1) is 7.27. The van der Waals surface area contributed by atoms with Crippen LogP contribution in [-0.2, 0) is 14.6 Å². The first-order valence-electron chi connectivity index (χ1n) is 5.19. The van der Waals surface area contributed by atoms with Crippen LogP contribution in [0.4, 0.5) is 0 Å². The first-order valence-corrected chi connectivity index (χ1v) is 5.19. The summed E-state index contributed by atoms with van der Waals surface area (Å²) in [6.07, 6.45) is 0.911. The van der Waals surface area contributed by atoms with Crippen LogP contribution in [0.15, 0.2) is 30.3 Å². The van der Waals surface area contributed by atoms with Crippen LogP contribution in [0.1, 0.15) is 38.4 Å². The lowest BCUT2D eigenvalue weighted by Crippen LogP contribution is -2.09. The first kappa shape index (κ1) is 11.7. The van der Waals surface area contributed by atoms with Crippen molar-refractivity contribution in [3.63, 3.8) is 0 Å². The van der Waals surface area contributed by atoms with Crippen molar-refractivity contribution in [3.05, 3.63) is 35.9 Å². The van der Waals surface area contributed by atoms with Crippen LogP contribution in [0, 0.1) is 0 Å². The van der Waals surface area contributed by atoms with Crippen molar-refractivity contribution in [3.8, 4) is 0 Å². The second-order valence-electron chi connectivity index (χ2n) is 3.21. The molecular weight excluding hydrogens is 192 g/mol. The maximum Gasteiger partial charge on any atom is 0.342 e. The number of rotatable bonds is 5. The molecule has 1 aromatic carbocycles. The third kappa shape index (κ3) is 3.72. The zero-order chi connectivity index (χ0) is 11.1. The summed E-state index contributed by atoms with van der Waals surface area (Å²) < 4.78 is 0. The van der Waals surface area contributed by atoms with Gasteiger partial charge in [0.25, 0.3) is 0 Å². The van der Waals surface area contributed by atoms with Crippen molar-refractivity contribution in [2.45, 2.75) is 32.8 Å². The van der Waals surface area contributed by atoms with E-state index in [1.165, 1.54) is 0 Å². The van der Waals surface area contributed by atoms with E-state index in [1.54, 1.807) is 6.92 Å². The molecule has 15 heavy (non-hydrogen) atoms. The van der Waals surface area contributed by atoms with Crippen molar-refractivity contribution in [2.24, 2.45) is 0 Å². The molecule has 0 heterocycles. The lowest BCUT2D eigenvalue weighted by atomic mass is 10.1. The summed E-state index contributed by atoms with van der Waals surface area (Å²) in [5.74, 6) is -0.343. The summed E-state index contributed by atoms with van der Waals surface area (Å²) in [5.41, 5.74) is 1.02. The van der Waals surface area contributed by atoms with E-state index in [0.29, 0.717) is 6.42 Å². The van der Waals surface area contributed by atoms with Crippen LogP contribution >= 0.6 is 0 Å². The molecule has 3 heteroatoms. The molecule has 0 aliphatic rings. The normalized spacial score (nSPS) is 12.1. The molecule has 1 atom stereocenters. The van der Waals surface area contributed by atoms with E-state index >= 15 is 0 Å². The lowest BCUT2D eigenvalue weighted by Gasteiger charge is -2.13. The molecule has 1 unspecified atom stereocenters. The minimum atomic E-state index is -0.343. The Bertz CT molecular complexity index is 295. The number of hydrogen-bond donors (Lipinski definition) is 0. The van der Waals surface area contributed by atoms with Gasteiger partial charge in [0.1, 0.15) is 6.10 Å². The van der Waals surface area contributed by atoms with Crippen LogP contribution in [0.5, 0.6) is 0 Å². The van der Waals surface area contributed by atoms with Crippen LogP contribution < -0.4 is 0 Å². The fourth-order valence-electron chi connectivity index (χ4n) is 1.20. The van der Waals surface area contributed by atoms with Gasteiger partial charge in [-0.1, -0.05) is 44.2 Å². The van der Waals surface area contributed by atoms with Gasteiger partial charge < -0.3 is 0 Å². The van der Waals surface area contributed by atoms with E-state index in [2.05, 4.69) is 4.89 Å². The summed E-state index contributed by atoms with van der Waals surface area (Å²) >= 11 is 0. The molecule has 82 valence electrons. The number of benzene rings is 1. The fourth-order valence-corrected chi connectivity index (χ4v) is 1.20. The predicted molar refractivity (Wildman–Crippen MR) is 56.9 cm³/mol. The average Bonchev–Trinajstić information content (AvgIpc) is 2.31. The van der Waals surface area contributed by atoms with Crippen molar-refractivity contribution in [1.29, 1.82) is 0 Å². The summed E-state index contributed by atoms with van der Waals surface area (Å²) in [6, 6.07) is 9.71. The van der Waals surface area contributed by atoms with Gasteiger partial charge in [-0.05, 0) is 12.0 Å². The third-order valence-electron chi connectivity index (χ3n) is 2.09. The molecule has 0 bridgehead atoms. The highest BCUT2D eigenvalue weighted by atomic mass is 17.2. The molecule has 0 saturated heterocycles. The van der Waals surface area contributed by atoms with Crippen LogP contribution in [-0.4, -0.2) is 5.97 Å². The number of carbonyl (C=O) groups is 1. The zero-order valence-corrected chi connectivity index (χ0v) is 9.10. The maximum absolute atomic E-state index is 10.9. The lowest BCUT2D eigenvalue weighted by molar-refractivity contribution is -0.301. The highest BCUT2D eigenvalue weighted by Gasteiger charge is 2.12. The van der Waals surface area contributed by atoms with Gasteiger partial charge in [-0.3, -0.25) is 4.89 Å². The molecule has 0 N–H and O–H groups in total. The quantitative estimate of drug-likeness (QED) is 0.551. The Kier molecular flexibility index (Phi) is 4.84. The van der Waals surface area contributed by atoms with Gasteiger partial charge in [0, 0.05) is 6.42 Å². The van der Waals surface area contributed by atoms with Crippen molar-refractivity contribution in [2.75, 3.05) is 0 Å². The molecule has 1 rings (SSSR count). The Labute approximate surface area is 89.9 Å². The second-order valence-corrected chi connectivity index (χ2v) is 3.21. The Balaban J connectivity index is 2.53. The molecule has 0 aliphatic carbocycles. The molecule has 0 radical (unpaired) electrons. The largest absolute Gasteiger partial charge is 0.342 e. The molecule has 3 nitrogen and oxygen atoms in total. The van der Waals surface area contributed by atoms with E-state index < -0.39 is 0 Å². The highest BCUT2D eigenvalue weighted by Crippen LogP contribution is 2.20. The monoisotopic (exact) mass is 208 g/mol. The SMILES string of the molecule is CCC(=O)OOC(CC)c1ccccc1. The fraction of sp³-hybridized carbons (Fsp3) is 0.417. The molecule has 0 aliphatic heterocycles. The van der Waals surface area contributed by atoms with Gasteiger partial charge in [-0.25, -0.2) is 4.79 Å². The molecule has 0 fully saturated rings. The van der Waals surface area contributed by atoms with Gasteiger partial charge in [0.2, 0.25) is 0 Å². The average molecular weight is 208 g/mol. The van der Waals surface area contributed by atoms with Crippen molar-refractivity contribution < 1.29 is 14.6 Å². The minimum Gasteiger partial charge on any atom is -0.298 e. The van der Waals surface area contributed by atoms with E-state index in [0.717, 1.165) is 12.0 Å². The number of carbonyl (C=O) groups excluding carboxylic acids is 1. The summed E-state index contributed by atoms with van der Waals surface area (Å²) in [5, 5.41) is 0. The Morgan fingerprint density at radius 3 is 2.47 bits per heavy atom. The molecular formula is C12H16O3. The molecule has 1 aromatic rings. The Morgan fingerprint density at radius 1 is 1.27 bits per heavy atom. The van der Waals surface area contributed by atoms with E-state index in [1.807, 2.05) is 37.3 Å². The highest BCUT2D eigenvalue weighted by molar-refractivity contribution is 5.68. The van der Waals surface area contributed by atoms with Crippen LogP contribution in [0.2, 0.25) is 0 Å². The Morgan fingerprint density at radius 2 is 1.93 bits per heavy atom. The van der Waals surface area contributed by atoms with Gasteiger partial charge in [-0.15, -0.1) is 0 Å². The second kappa shape index (κ2) is 6.19. The summed E-state index contributed by atoms with van der Waals surface area (Å²) in [7, 11) is 0. The molecule has 0 aromatic heterocycles. The number of hydrogen-bond acceptors (Lipinski definition) is 3. The van der Waals surface area contributed by atoms with Gasteiger partial charge in [0.15, 0.2) is 0 Å². The summed E-state index contributed by atoms with van der Waals surface area (Å²) in [4.78, 5) is 20.7. The van der Waals surface area contributed by atoms with Gasteiger partial charge >= 0.3 is 5.97 Å². The topological polar surface area (TPSA) is 35.5 Å². The summed E-state index contributed by atoms with van der Waals surface area (Å²) in [6.45, 7) is 3.71. The maximum atomic E-state index is 10.9. The Hall–Kier alpha value is -1.35. The molecule has 0 saturated carbocycles. The minimum absolute atomic E-state index is 0.179. The molecule has 0 amide bonds. The van der Waals surface area contributed by atoms with Crippen LogP contribution in [0.25, 0.3) is 0 Å². The zero-order valence-electron chi connectivity index (χ0n) is 9.10. The molecule has 0 spiro atoms. The van der Waals surface area contributed by atoms with Crippen molar-refractivity contribution >= 4 is 5.97 Å². The predicted octanol–water partition coefficient (Wildman–Crippen LogP) is 3.02. The third-order valence-corrected chi connectivity index (χ3v) is 2.09. The van der Waals surface area contributed by atoms with E-state index in [4.69, 9.17) is 4.89 Å². The van der Waals surface area contributed by atoms with Gasteiger partial charge in [0.05, 0.1) is 0 Å². The van der Waals surface area contributed by atoms with Crippen LogP contribution in [0.3, 0.4) is 0 Å². The van der Waals surface area contributed by atoms with E-state index in [-0.39, 0.29) is 12.1 Å². The van der Waals surface area contributed by atoms with Gasteiger partial charge in [-0.2, -0.15) is 4.89 Å². The van der Waals surface area contributed by atoms with E-state index in [9.17, 15) is 4.79 Å². The van der Waals surface area contributed by atoms with Crippen molar-refractivity contribution in [1.82, 2.24) is 0 Å².